The summed E-state index contributed by atoms with van der Waals surface area (Å²) >= 11 is 0. The van der Waals surface area contributed by atoms with Gasteiger partial charge in [0.1, 0.15) is 0 Å². The molecule has 1 atom stereocenters. The Morgan fingerprint density at radius 1 is 0.806 bits per heavy atom. The zero-order valence-electron chi connectivity index (χ0n) is 23.1. The number of nitrogens with one attached hydrogen (secondary N) is 1. The second-order valence-electron chi connectivity index (χ2n) is 10.5. The van der Waals surface area contributed by atoms with Crippen molar-refractivity contribution in [2.45, 2.75) is 85.6 Å². The lowest BCUT2D eigenvalue weighted by Gasteiger charge is -2.14. The van der Waals surface area contributed by atoms with Gasteiger partial charge in [0.05, 0.1) is 13.7 Å². The van der Waals surface area contributed by atoms with Crippen LogP contribution in [0.3, 0.4) is 0 Å². The smallest absolute Gasteiger partial charge is 0.288 e. The van der Waals surface area contributed by atoms with Gasteiger partial charge in [-0.2, -0.15) is 0 Å². The second-order valence-corrected chi connectivity index (χ2v) is 10.5. The Morgan fingerprint density at radius 2 is 1.47 bits per heavy atom. The number of amides is 1. The van der Waals surface area contributed by atoms with Gasteiger partial charge in [-0.3, -0.25) is 9.59 Å². The first-order chi connectivity index (χ1) is 17.2. The SMILES string of the molecule is COc1cc(CNC(=O)C(=O)C(C)c2ccc(CC(C)C)cc2)ccc1OCCCCCCC(C)C. The third kappa shape index (κ3) is 10.0. The summed E-state index contributed by atoms with van der Waals surface area (Å²) in [4.78, 5) is 25.2. The molecule has 0 saturated heterocycles. The molecule has 0 spiro atoms. The number of methoxy groups -OCH3 is 1. The van der Waals surface area contributed by atoms with Crippen molar-refractivity contribution in [3.63, 3.8) is 0 Å². The fraction of sp³-hybridized carbons (Fsp3) is 0.548. The van der Waals surface area contributed by atoms with E-state index in [1.165, 1.54) is 24.8 Å². The summed E-state index contributed by atoms with van der Waals surface area (Å²) in [5, 5.41) is 2.75. The third-order valence-electron chi connectivity index (χ3n) is 6.36. The zero-order chi connectivity index (χ0) is 26.5. The van der Waals surface area contributed by atoms with Crippen LogP contribution in [-0.4, -0.2) is 25.4 Å². The average molecular weight is 496 g/mol. The maximum absolute atomic E-state index is 12.7. The second kappa shape index (κ2) is 15.3. The lowest BCUT2D eigenvalue weighted by Crippen LogP contribution is -2.33. The van der Waals surface area contributed by atoms with E-state index in [9.17, 15) is 9.59 Å². The Hall–Kier alpha value is -2.82. The fourth-order valence-electron chi connectivity index (χ4n) is 4.16. The van der Waals surface area contributed by atoms with Crippen molar-refractivity contribution < 1.29 is 19.1 Å². The monoisotopic (exact) mass is 495 g/mol. The predicted molar refractivity (Wildman–Crippen MR) is 147 cm³/mol. The summed E-state index contributed by atoms with van der Waals surface area (Å²) in [5.74, 6) is 1.15. The lowest BCUT2D eigenvalue weighted by molar-refractivity contribution is -0.138. The number of rotatable bonds is 16. The molecule has 0 saturated carbocycles. The third-order valence-corrected chi connectivity index (χ3v) is 6.36. The highest BCUT2D eigenvalue weighted by Crippen LogP contribution is 2.28. The molecule has 2 aromatic carbocycles. The highest BCUT2D eigenvalue weighted by molar-refractivity contribution is 6.38. The van der Waals surface area contributed by atoms with E-state index in [4.69, 9.17) is 9.47 Å². The molecule has 36 heavy (non-hydrogen) atoms. The van der Waals surface area contributed by atoms with Gasteiger partial charge in [-0.1, -0.05) is 90.6 Å². The number of unbranched alkanes of at least 4 members (excludes halogenated alkanes) is 3. The first kappa shape index (κ1) is 29.4. The number of hydrogen-bond donors (Lipinski definition) is 1. The van der Waals surface area contributed by atoms with Crippen LogP contribution in [-0.2, 0) is 22.6 Å². The van der Waals surface area contributed by atoms with Crippen LogP contribution in [0.2, 0.25) is 0 Å². The van der Waals surface area contributed by atoms with E-state index in [0.717, 1.165) is 36.3 Å². The molecule has 1 unspecified atom stereocenters. The normalized spacial score (nSPS) is 12.0. The van der Waals surface area contributed by atoms with E-state index < -0.39 is 17.6 Å². The zero-order valence-corrected chi connectivity index (χ0v) is 23.1. The molecule has 0 fully saturated rings. The van der Waals surface area contributed by atoms with Crippen LogP contribution in [0.4, 0.5) is 0 Å². The summed E-state index contributed by atoms with van der Waals surface area (Å²) in [6, 6.07) is 13.6. The number of carbonyl (C=O) groups excluding carboxylic acids is 2. The van der Waals surface area contributed by atoms with Crippen LogP contribution < -0.4 is 14.8 Å². The molecular weight excluding hydrogens is 450 g/mol. The number of hydrogen-bond acceptors (Lipinski definition) is 4. The molecule has 0 aromatic heterocycles. The number of benzene rings is 2. The highest BCUT2D eigenvalue weighted by atomic mass is 16.5. The Balaban J connectivity index is 1.82. The molecule has 0 aliphatic heterocycles. The number of carbonyl (C=O) groups is 2. The van der Waals surface area contributed by atoms with Gasteiger partial charge in [-0.05, 0) is 53.5 Å². The minimum atomic E-state index is -0.578. The van der Waals surface area contributed by atoms with E-state index in [1.54, 1.807) is 14.0 Å². The minimum absolute atomic E-state index is 0.247. The average Bonchev–Trinajstić information content (AvgIpc) is 2.86. The molecule has 5 nitrogen and oxygen atoms in total. The van der Waals surface area contributed by atoms with Gasteiger partial charge in [0.15, 0.2) is 11.5 Å². The molecule has 1 amide bonds. The molecular formula is C31H45NO4. The van der Waals surface area contributed by atoms with Gasteiger partial charge in [0.25, 0.3) is 5.91 Å². The summed E-state index contributed by atoms with van der Waals surface area (Å²) in [6.07, 6.45) is 6.95. The number of Topliss-reactive ketones (excluding diaryl/α,β-unsaturated/α-hetero) is 1. The Labute approximate surface area is 218 Å². The molecule has 0 radical (unpaired) electrons. The quantitative estimate of drug-likeness (QED) is 0.204. The lowest BCUT2D eigenvalue weighted by atomic mass is 9.93. The van der Waals surface area contributed by atoms with Crippen LogP contribution in [0.5, 0.6) is 11.5 Å². The van der Waals surface area contributed by atoms with Crippen molar-refractivity contribution >= 4 is 11.7 Å². The van der Waals surface area contributed by atoms with Gasteiger partial charge in [-0.25, -0.2) is 0 Å². The molecule has 198 valence electrons. The molecule has 0 heterocycles. The molecule has 0 bridgehead atoms. The van der Waals surface area contributed by atoms with Crippen molar-refractivity contribution in [3.05, 3.63) is 59.2 Å². The van der Waals surface area contributed by atoms with Gasteiger partial charge < -0.3 is 14.8 Å². The molecule has 1 N–H and O–H groups in total. The van der Waals surface area contributed by atoms with Gasteiger partial charge in [0.2, 0.25) is 5.78 Å². The van der Waals surface area contributed by atoms with Gasteiger partial charge in [0, 0.05) is 12.5 Å². The summed E-state index contributed by atoms with van der Waals surface area (Å²) in [6.45, 7) is 11.6. The Bertz CT molecular complexity index is 950. The van der Waals surface area contributed by atoms with E-state index >= 15 is 0 Å². The van der Waals surface area contributed by atoms with Crippen molar-refractivity contribution in [1.82, 2.24) is 5.32 Å². The van der Waals surface area contributed by atoms with E-state index in [0.29, 0.717) is 24.0 Å². The van der Waals surface area contributed by atoms with Crippen LogP contribution in [0.1, 0.15) is 89.3 Å². The maximum atomic E-state index is 12.7. The van der Waals surface area contributed by atoms with Crippen LogP contribution >= 0.6 is 0 Å². The summed E-state index contributed by atoms with van der Waals surface area (Å²) in [5.41, 5.74) is 2.94. The number of ketones is 1. The van der Waals surface area contributed by atoms with Crippen molar-refractivity contribution in [2.24, 2.45) is 11.8 Å². The molecule has 2 aromatic rings. The highest BCUT2D eigenvalue weighted by Gasteiger charge is 2.22. The maximum Gasteiger partial charge on any atom is 0.288 e. The number of ether oxygens (including phenoxy) is 2. The standard InChI is InChI=1S/C31H45NO4/c1-22(2)11-9-7-8-10-18-36-28-17-14-26(20-29(28)35-6)21-32-31(34)30(33)24(5)27-15-12-25(13-16-27)19-23(3)4/h12-17,20,22-24H,7-11,18-19,21H2,1-6H3,(H,32,34). The van der Waals surface area contributed by atoms with E-state index in [2.05, 4.69) is 33.0 Å². The molecule has 0 aliphatic carbocycles. The Morgan fingerprint density at radius 3 is 2.11 bits per heavy atom. The van der Waals surface area contributed by atoms with E-state index in [-0.39, 0.29) is 6.54 Å². The topological polar surface area (TPSA) is 64.6 Å². The first-order valence-corrected chi connectivity index (χ1v) is 13.4. The largest absolute Gasteiger partial charge is 0.493 e. The van der Waals surface area contributed by atoms with Crippen LogP contribution in [0.25, 0.3) is 0 Å². The molecule has 2 rings (SSSR count). The van der Waals surface area contributed by atoms with Crippen LogP contribution in [0, 0.1) is 11.8 Å². The Kier molecular flexibility index (Phi) is 12.5. The fourth-order valence-corrected chi connectivity index (χ4v) is 4.16. The summed E-state index contributed by atoms with van der Waals surface area (Å²) in [7, 11) is 1.61. The minimum Gasteiger partial charge on any atom is -0.493 e. The molecule has 5 heteroatoms. The van der Waals surface area contributed by atoms with Crippen molar-refractivity contribution in [3.8, 4) is 11.5 Å². The summed E-state index contributed by atoms with van der Waals surface area (Å²) < 4.78 is 11.4. The van der Waals surface area contributed by atoms with Gasteiger partial charge in [-0.15, -0.1) is 0 Å². The van der Waals surface area contributed by atoms with E-state index in [1.807, 2.05) is 42.5 Å². The van der Waals surface area contributed by atoms with Crippen LogP contribution in [0.15, 0.2) is 42.5 Å². The predicted octanol–water partition coefficient (Wildman–Crippen LogP) is 6.87. The molecule has 0 aliphatic rings. The van der Waals surface area contributed by atoms with Crippen molar-refractivity contribution in [2.75, 3.05) is 13.7 Å². The first-order valence-electron chi connectivity index (χ1n) is 13.4. The van der Waals surface area contributed by atoms with Crippen molar-refractivity contribution in [1.29, 1.82) is 0 Å². The van der Waals surface area contributed by atoms with Gasteiger partial charge >= 0.3 is 0 Å².